The molecule has 0 aromatic rings. The van der Waals surface area contributed by atoms with Gasteiger partial charge in [-0.25, -0.2) is 0 Å². The van der Waals surface area contributed by atoms with Gasteiger partial charge < -0.3 is 24.6 Å². The zero-order chi connectivity index (χ0) is 19.3. The molecule has 0 aliphatic rings. The number of carbonyl (C=O) groups excluding carboxylic acids is 1. The van der Waals surface area contributed by atoms with Gasteiger partial charge in [0.2, 0.25) is 5.91 Å². The van der Waals surface area contributed by atoms with E-state index in [0.717, 1.165) is 13.0 Å². The van der Waals surface area contributed by atoms with Gasteiger partial charge in [-0.3, -0.25) is 9.59 Å². The van der Waals surface area contributed by atoms with Gasteiger partial charge in [0.15, 0.2) is 0 Å². The Morgan fingerprint density at radius 2 is 1.27 bits per heavy atom. The van der Waals surface area contributed by atoms with Crippen molar-refractivity contribution in [3.8, 4) is 0 Å². The number of amides is 1. The number of aliphatic carboxylic acids is 1. The van der Waals surface area contributed by atoms with Gasteiger partial charge in [-0.1, -0.05) is 39.0 Å². The van der Waals surface area contributed by atoms with E-state index in [4.69, 9.17) is 19.3 Å². The molecule has 0 saturated carbocycles. The molecule has 0 fully saturated rings. The lowest BCUT2D eigenvalue weighted by atomic mass is 10.1. The summed E-state index contributed by atoms with van der Waals surface area (Å²) in [4.78, 5) is 21.6. The topological polar surface area (TPSA) is 94.1 Å². The van der Waals surface area contributed by atoms with Gasteiger partial charge in [0.1, 0.15) is 0 Å². The highest BCUT2D eigenvalue weighted by atomic mass is 16.5. The molecule has 7 nitrogen and oxygen atoms in total. The van der Waals surface area contributed by atoms with Crippen molar-refractivity contribution in [1.29, 1.82) is 0 Å². The summed E-state index contributed by atoms with van der Waals surface area (Å²) in [6.45, 7) is 6.32. The molecule has 0 aromatic heterocycles. The largest absolute Gasteiger partial charge is 0.481 e. The van der Waals surface area contributed by atoms with Crippen LogP contribution in [0.3, 0.4) is 0 Å². The average molecular weight is 376 g/mol. The maximum atomic E-state index is 11.3. The summed E-state index contributed by atoms with van der Waals surface area (Å²) in [6, 6.07) is 0. The smallest absolute Gasteiger partial charge is 0.303 e. The lowest BCUT2D eigenvalue weighted by molar-refractivity contribution is -0.138. The second-order valence-corrected chi connectivity index (χ2v) is 6.20. The molecule has 1 amide bonds. The monoisotopic (exact) mass is 375 g/mol. The molecule has 0 saturated heterocycles. The van der Waals surface area contributed by atoms with Crippen LogP contribution in [0.4, 0.5) is 0 Å². The molecule has 0 unspecified atom stereocenters. The minimum Gasteiger partial charge on any atom is -0.481 e. The number of hydrogen-bond acceptors (Lipinski definition) is 5. The zero-order valence-corrected chi connectivity index (χ0v) is 16.3. The van der Waals surface area contributed by atoms with Gasteiger partial charge in [-0.05, 0) is 12.8 Å². The summed E-state index contributed by atoms with van der Waals surface area (Å²) in [7, 11) is 0. The molecule has 0 atom stereocenters. The summed E-state index contributed by atoms with van der Waals surface area (Å²) in [5, 5.41) is 11.1. The van der Waals surface area contributed by atoms with Crippen molar-refractivity contribution in [3.63, 3.8) is 0 Å². The van der Waals surface area contributed by atoms with E-state index in [1.165, 1.54) is 32.1 Å². The molecular formula is C19H37NO6. The number of rotatable bonds is 20. The predicted octanol–water partition coefficient (Wildman–Crippen LogP) is 2.77. The van der Waals surface area contributed by atoms with E-state index in [2.05, 4.69) is 12.2 Å². The third-order valence-corrected chi connectivity index (χ3v) is 3.74. The molecule has 0 bridgehead atoms. The van der Waals surface area contributed by atoms with Crippen LogP contribution in [0.5, 0.6) is 0 Å². The molecule has 0 aliphatic carbocycles. The number of carboxylic acids is 1. The molecule has 2 N–H and O–H groups in total. The molecule has 0 radical (unpaired) electrons. The first-order valence-corrected chi connectivity index (χ1v) is 9.88. The van der Waals surface area contributed by atoms with Crippen molar-refractivity contribution in [3.05, 3.63) is 0 Å². The van der Waals surface area contributed by atoms with Crippen LogP contribution in [0.1, 0.15) is 64.7 Å². The Morgan fingerprint density at radius 3 is 1.88 bits per heavy atom. The Kier molecular flexibility index (Phi) is 19.2. The number of nitrogens with one attached hydrogen (secondary N) is 1. The lowest BCUT2D eigenvalue weighted by Gasteiger charge is -2.07. The first-order valence-electron chi connectivity index (χ1n) is 9.88. The molecule has 0 aliphatic heterocycles. The molecule has 0 heterocycles. The highest BCUT2D eigenvalue weighted by Crippen LogP contribution is 2.04. The number of carbonyl (C=O) groups is 2. The Labute approximate surface area is 157 Å². The second-order valence-electron chi connectivity index (χ2n) is 6.20. The van der Waals surface area contributed by atoms with Gasteiger partial charge in [0, 0.05) is 26.2 Å². The van der Waals surface area contributed by atoms with E-state index in [1.54, 1.807) is 0 Å². The maximum absolute atomic E-state index is 11.3. The Hall–Kier alpha value is -1.18. The summed E-state index contributed by atoms with van der Waals surface area (Å²) >= 11 is 0. The maximum Gasteiger partial charge on any atom is 0.303 e. The van der Waals surface area contributed by atoms with Crippen molar-refractivity contribution in [2.75, 3.05) is 46.2 Å². The van der Waals surface area contributed by atoms with Crippen molar-refractivity contribution < 1.29 is 28.9 Å². The van der Waals surface area contributed by atoms with Crippen LogP contribution in [-0.2, 0) is 23.8 Å². The fourth-order valence-corrected chi connectivity index (χ4v) is 2.24. The van der Waals surface area contributed by atoms with Crippen LogP contribution >= 0.6 is 0 Å². The van der Waals surface area contributed by atoms with Crippen LogP contribution in [0, 0.1) is 0 Å². The molecule has 7 heteroatoms. The minimum absolute atomic E-state index is 0.0188. The highest BCUT2D eigenvalue weighted by Gasteiger charge is 2.04. The third-order valence-electron chi connectivity index (χ3n) is 3.74. The first kappa shape index (κ1) is 24.8. The van der Waals surface area contributed by atoms with Gasteiger partial charge in [-0.15, -0.1) is 0 Å². The van der Waals surface area contributed by atoms with Crippen LogP contribution < -0.4 is 5.32 Å². The number of unbranched alkanes of at least 4 members (excludes halogenated alkanes) is 5. The molecule has 154 valence electrons. The van der Waals surface area contributed by atoms with Gasteiger partial charge >= 0.3 is 5.97 Å². The Bertz CT molecular complexity index is 338. The van der Waals surface area contributed by atoms with Crippen LogP contribution in [0.15, 0.2) is 0 Å². The van der Waals surface area contributed by atoms with E-state index < -0.39 is 5.97 Å². The summed E-state index contributed by atoms with van der Waals surface area (Å²) in [6.07, 6.45) is 8.19. The standard InChI is InChI=1S/C19H37NO6/c1-2-3-4-5-6-7-12-24-14-16-26-17-15-25-13-8-11-20-18(21)9-10-19(22)23/h2-17H2,1H3,(H,20,21)(H,22,23). The van der Waals surface area contributed by atoms with E-state index in [9.17, 15) is 9.59 Å². The zero-order valence-electron chi connectivity index (χ0n) is 16.3. The molecule has 0 aromatic carbocycles. The average Bonchev–Trinajstić information content (AvgIpc) is 2.62. The predicted molar refractivity (Wildman–Crippen MR) is 100 cm³/mol. The summed E-state index contributed by atoms with van der Waals surface area (Å²) in [5.74, 6) is -1.20. The SMILES string of the molecule is CCCCCCCCOCCOCCOCCCNC(=O)CCC(=O)O. The van der Waals surface area contributed by atoms with E-state index in [1.807, 2.05) is 0 Å². The van der Waals surface area contributed by atoms with Crippen LogP contribution in [0.25, 0.3) is 0 Å². The van der Waals surface area contributed by atoms with Gasteiger partial charge in [-0.2, -0.15) is 0 Å². The summed E-state index contributed by atoms with van der Waals surface area (Å²) < 4.78 is 16.3. The number of carboxylic acid groups (broad SMARTS) is 1. The lowest BCUT2D eigenvalue weighted by Crippen LogP contribution is -2.25. The highest BCUT2D eigenvalue weighted by molar-refractivity contribution is 5.80. The normalized spacial score (nSPS) is 10.8. The van der Waals surface area contributed by atoms with Crippen LogP contribution in [-0.4, -0.2) is 63.2 Å². The molecule has 0 spiro atoms. The molecule has 0 rings (SSSR count). The van der Waals surface area contributed by atoms with Crippen molar-refractivity contribution in [2.45, 2.75) is 64.7 Å². The quantitative estimate of drug-likeness (QED) is 0.318. The van der Waals surface area contributed by atoms with Crippen LogP contribution in [0.2, 0.25) is 0 Å². The third kappa shape index (κ3) is 20.9. The number of hydrogen-bond donors (Lipinski definition) is 2. The minimum atomic E-state index is -0.962. The van der Waals surface area contributed by atoms with E-state index >= 15 is 0 Å². The molecular weight excluding hydrogens is 338 g/mol. The second kappa shape index (κ2) is 20.1. The van der Waals surface area contributed by atoms with Gasteiger partial charge in [0.25, 0.3) is 0 Å². The fraction of sp³-hybridized carbons (Fsp3) is 0.895. The van der Waals surface area contributed by atoms with E-state index in [-0.39, 0.29) is 18.7 Å². The first-order chi connectivity index (χ1) is 12.7. The van der Waals surface area contributed by atoms with Crippen molar-refractivity contribution >= 4 is 11.9 Å². The van der Waals surface area contributed by atoms with Crippen molar-refractivity contribution in [1.82, 2.24) is 5.32 Å². The van der Waals surface area contributed by atoms with E-state index in [0.29, 0.717) is 46.0 Å². The molecule has 26 heavy (non-hydrogen) atoms. The van der Waals surface area contributed by atoms with Gasteiger partial charge in [0.05, 0.1) is 32.8 Å². The van der Waals surface area contributed by atoms with Crippen molar-refractivity contribution in [2.24, 2.45) is 0 Å². The fourth-order valence-electron chi connectivity index (χ4n) is 2.24. The Morgan fingerprint density at radius 1 is 0.731 bits per heavy atom. The Balaban J connectivity index is 3.09. The summed E-state index contributed by atoms with van der Waals surface area (Å²) in [5.41, 5.74) is 0. The number of ether oxygens (including phenoxy) is 3.